The van der Waals surface area contributed by atoms with Crippen LogP contribution >= 0.6 is 0 Å². The Morgan fingerprint density at radius 1 is 1.57 bits per heavy atom. The van der Waals surface area contributed by atoms with Gasteiger partial charge in [-0.1, -0.05) is 13.8 Å². The second-order valence-electron chi connectivity index (χ2n) is 5.06. The molecular formula is C11H21NO2. The minimum Gasteiger partial charge on any atom is -0.481 e. The van der Waals surface area contributed by atoms with Crippen molar-refractivity contribution < 1.29 is 9.90 Å². The number of carboxylic acid groups (broad SMARTS) is 1. The van der Waals surface area contributed by atoms with Gasteiger partial charge in [-0.25, -0.2) is 0 Å². The van der Waals surface area contributed by atoms with Crippen LogP contribution < -0.4 is 5.32 Å². The topological polar surface area (TPSA) is 49.3 Å². The third kappa shape index (κ3) is 4.09. The van der Waals surface area contributed by atoms with Crippen molar-refractivity contribution in [3.8, 4) is 0 Å². The van der Waals surface area contributed by atoms with Crippen molar-refractivity contribution >= 4 is 5.97 Å². The van der Waals surface area contributed by atoms with E-state index >= 15 is 0 Å². The predicted molar refractivity (Wildman–Crippen MR) is 56.3 cm³/mol. The molecule has 1 unspecified atom stereocenters. The lowest BCUT2D eigenvalue weighted by atomic mass is 9.92. The van der Waals surface area contributed by atoms with Crippen LogP contribution in [0.15, 0.2) is 0 Å². The number of nitrogens with one attached hydrogen (secondary N) is 1. The molecule has 0 bridgehead atoms. The van der Waals surface area contributed by atoms with Gasteiger partial charge in [0.05, 0.1) is 0 Å². The molecule has 0 spiro atoms. The number of hydrogen-bond donors (Lipinski definition) is 2. The standard InChI is InChI=1S/C11H21NO2/c1-11(2)6-5-9(8-11)12-7-3-4-10(13)14/h9,12H,3-8H2,1-2H3,(H,13,14). The zero-order valence-electron chi connectivity index (χ0n) is 9.18. The number of aliphatic carboxylic acids is 1. The maximum atomic E-state index is 10.3. The fourth-order valence-corrected chi connectivity index (χ4v) is 2.16. The Morgan fingerprint density at radius 3 is 2.79 bits per heavy atom. The van der Waals surface area contributed by atoms with Gasteiger partial charge in [-0.3, -0.25) is 4.79 Å². The first-order chi connectivity index (χ1) is 6.49. The Bertz CT molecular complexity index is 201. The average Bonchev–Trinajstić information content (AvgIpc) is 2.39. The first-order valence-corrected chi connectivity index (χ1v) is 5.45. The van der Waals surface area contributed by atoms with Crippen molar-refractivity contribution in [3.05, 3.63) is 0 Å². The molecule has 0 radical (unpaired) electrons. The Balaban J connectivity index is 2.06. The Labute approximate surface area is 85.9 Å². The van der Waals surface area contributed by atoms with E-state index in [0.29, 0.717) is 11.5 Å². The second-order valence-corrected chi connectivity index (χ2v) is 5.06. The van der Waals surface area contributed by atoms with Gasteiger partial charge in [-0.2, -0.15) is 0 Å². The monoisotopic (exact) mass is 199 g/mol. The van der Waals surface area contributed by atoms with E-state index in [0.717, 1.165) is 13.0 Å². The summed E-state index contributed by atoms with van der Waals surface area (Å²) in [4.78, 5) is 10.3. The van der Waals surface area contributed by atoms with E-state index in [4.69, 9.17) is 5.11 Å². The maximum Gasteiger partial charge on any atom is 0.303 e. The molecule has 14 heavy (non-hydrogen) atoms. The molecule has 82 valence electrons. The second kappa shape index (κ2) is 4.78. The zero-order chi connectivity index (χ0) is 10.6. The van der Waals surface area contributed by atoms with Gasteiger partial charge in [0, 0.05) is 12.5 Å². The third-order valence-corrected chi connectivity index (χ3v) is 2.97. The minimum atomic E-state index is -0.696. The summed E-state index contributed by atoms with van der Waals surface area (Å²) in [5, 5.41) is 11.9. The van der Waals surface area contributed by atoms with E-state index in [-0.39, 0.29) is 6.42 Å². The van der Waals surface area contributed by atoms with E-state index in [2.05, 4.69) is 19.2 Å². The highest BCUT2D eigenvalue weighted by molar-refractivity contribution is 5.66. The average molecular weight is 199 g/mol. The van der Waals surface area contributed by atoms with Crippen LogP contribution in [-0.4, -0.2) is 23.7 Å². The number of carbonyl (C=O) groups is 1. The molecule has 0 aromatic rings. The molecule has 1 aliphatic rings. The third-order valence-electron chi connectivity index (χ3n) is 2.97. The van der Waals surface area contributed by atoms with Gasteiger partial charge in [-0.15, -0.1) is 0 Å². The molecule has 1 saturated carbocycles. The lowest BCUT2D eigenvalue weighted by Crippen LogP contribution is -2.28. The van der Waals surface area contributed by atoms with Crippen molar-refractivity contribution in [1.82, 2.24) is 5.32 Å². The lowest BCUT2D eigenvalue weighted by molar-refractivity contribution is -0.137. The molecule has 2 N–H and O–H groups in total. The predicted octanol–water partition coefficient (Wildman–Crippen LogP) is 2.02. The molecule has 0 amide bonds. The number of carboxylic acids is 1. The molecule has 0 heterocycles. The molecule has 0 aromatic carbocycles. The van der Waals surface area contributed by atoms with Crippen molar-refractivity contribution in [2.75, 3.05) is 6.54 Å². The van der Waals surface area contributed by atoms with E-state index in [1.165, 1.54) is 19.3 Å². The van der Waals surface area contributed by atoms with E-state index < -0.39 is 5.97 Å². The molecule has 1 atom stereocenters. The summed E-state index contributed by atoms with van der Waals surface area (Å²) in [6.45, 7) is 5.44. The number of rotatable bonds is 5. The molecule has 0 aliphatic heterocycles. The van der Waals surface area contributed by atoms with Gasteiger partial charge in [-0.05, 0) is 37.6 Å². The van der Waals surface area contributed by atoms with Gasteiger partial charge in [0.1, 0.15) is 0 Å². The van der Waals surface area contributed by atoms with E-state index in [1.54, 1.807) is 0 Å². The summed E-state index contributed by atoms with van der Waals surface area (Å²) in [6, 6.07) is 0.610. The van der Waals surface area contributed by atoms with Gasteiger partial charge < -0.3 is 10.4 Å². The van der Waals surface area contributed by atoms with E-state index in [1.807, 2.05) is 0 Å². The molecule has 1 aliphatic carbocycles. The van der Waals surface area contributed by atoms with Crippen LogP contribution in [0.3, 0.4) is 0 Å². The van der Waals surface area contributed by atoms with Gasteiger partial charge >= 0.3 is 5.97 Å². The van der Waals surface area contributed by atoms with Crippen LogP contribution in [0.4, 0.5) is 0 Å². The van der Waals surface area contributed by atoms with Crippen LogP contribution in [0.2, 0.25) is 0 Å². The summed E-state index contributed by atoms with van der Waals surface area (Å²) in [7, 11) is 0. The van der Waals surface area contributed by atoms with Crippen molar-refractivity contribution in [2.45, 2.75) is 52.0 Å². The summed E-state index contributed by atoms with van der Waals surface area (Å²) in [6.07, 6.45) is 4.76. The SMILES string of the molecule is CC1(C)CCC(NCCCC(=O)O)C1. The minimum absolute atomic E-state index is 0.281. The van der Waals surface area contributed by atoms with Gasteiger partial charge in [0.25, 0.3) is 0 Å². The van der Waals surface area contributed by atoms with Crippen LogP contribution in [0.25, 0.3) is 0 Å². The van der Waals surface area contributed by atoms with Crippen molar-refractivity contribution in [1.29, 1.82) is 0 Å². The van der Waals surface area contributed by atoms with Crippen LogP contribution in [0, 0.1) is 5.41 Å². The smallest absolute Gasteiger partial charge is 0.303 e. The van der Waals surface area contributed by atoms with Crippen molar-refractivity contribution in [3.63, 3.8) is 0 Å². The van der Waals surface area contributed by atoms with Crippen LogP contribution in [0.5, 0.6) is 0 Å². The summed E-state index contributed by atoms with van der Waals surface area (Å²) in [5.74, 6) is -0.696. The van der Waals surface area contributed by atoms with Crippen LogP contribution in [-0.2, 0) is 4.79 Å². The van der Waals surface area contributed by atoms with E-state index in [9.17, 15) is 4.79 Å². The molecule has 0 saturated heterocycles. The Hall–Kier alpha value is -0.570. The highest BCUT2D eigenvalue weighted by atomic mass is 16.4. The first kappa shape index (κ1) is 11.5. The summed E-state index contributed by atoms with van der Waals surface area (Å²) in [5.41, 5.74) is 0.477. The molecule has 1 rings (SSSR count). The molecule has 3 nitrogen and oxygen atoms in total. The Kier molecular flexibility index (Phi) is 3.93. The largest absolute Gasteiger partial charge is 0.481 e. The highest BCUT2D eigenvalue weighted by Crippen LogP contribution is 2.36. The number of hydrogen-bond acceptors (Lipinski definition) is 2. The van der Waals surface area contributed by atoms with Gasteiger partial charge in [0.15, 0.2) is 0 Å². The normalized spacial score (nSPS) is 25.1. The molecule has 1 fully saturated rings. The first-order valence-electron chi connectivity index (χ1n) is 5.45. The maximum absolute atomic E-state index is 10.3. The molecule has 0 aromatic heterocycles. The fourth-order valence-electron chi connectivity index (χ4n) is 2.16. The van der Waals surface area contributed by atoms with Crippen LogP contribution in [0.1, 0.15) is 46.0 Å². The highest BCUT2D eigenvalue weighted by Gasteiger charge is 2.30. The van der Waals surface area contributed by atoms with Crippen molar-refractivity contribution in [2.24, 2.45) is 5.41 Å². The lowest BCUT2D eigenvalue weighted by Gasteiger charge is -2.17. The zero-order valence-corrected chi connectivity index (χ0v) is 9.18. The summed E-state index contributed by atoms with van der Waals surface area (Å²) >= 11 is 0. The van der Waals surface area contributed by atoms with Gasteiger partial charge in [0.2, 0.25) is 0 Å². The molecular weight excluding hydrogens is 178 g/mol. The fraction of sp³-hybridized carbons (Fsp3) is 0.909. The quantitative estimate of drug-likeness (QED) is 0.666. The molecule has 3 heteroatoms. The Morgan fingerprint density at radius 2 is 2.29 bits per heavy atom. The summed E-state index contributed by atoms with van der Waals surface area (Å²) < 4.78 is 0.